The van der Waals surface area contributed by atoms with Gasteiger partial charge in [-0.05, 0) is 25.7 Å². The predicted molar refractivity (Wildman–Crippen MR) is 146 cm³/mol. The van der Waals surface area contributed by atoms with Crippen LogP contribution in [0.2, 0.25) is 13.1 Å². The summed E-state index contributed by atoms with van der Waals surface area (Å²) in [6, 6.07) is 9.33. The van der Waals surface area contributed by atoms with Crippen LogP contribution in [-0.4, -0.2) is 8.07 Å². The number of fused-ring (bicyclic) bond motifs is 6. The van der Waals surface area contributed by atoms with E-state index in [4.69, 9.17) is 0 Å². The van der Waals surface area contributed by atoms with Crippen LogP contribution in [0.15, 0.2) is 84.0 Å². The maximum atomic E-state index is 3.82. The van der Waals surface area contributed by atoms with Crippen molar-refractivity contribution in [3.63, 3.8) is 0 Å². The van der Waals surface area contributed by atoms with Gasteiger partial charge in [-0.3, -0.25) is 0 Å². The average Bonchev–Trinajstić information content (AvgIpc) is 3.30. The van der Waals surface area contributed by atoms with E-state index in [1.54, 1.807) is 0 Å². The molecule has 2 aromatic carbocycles. The smallest absolute Gasteiger partial charge is 0.358 e. The van der Waals surface area contributed by atoms with Gasteiger partial charge >= 0.3 is 26.2 Å². The molecule has 0 aromatic heterocycles. The van der Waals surface area contributed by atoms with E-state index in [9.17, 15) is 0 Å². The molecule has 0 nitrogen and oxygen atoms in total. The van der Waals surface area contributed by atoms with E-state index in [1.807, 2.05) is 0 Å². The Bertz CT molecular complexity index is 1230. The van der Waals surface area contributed by atoms with Crippen molar-refractivity contribution in [2.45, 2.75) is 38.8 Å². The molecule has 168 valence electrons. The number of allylic oxidation sites excluding steroid dienone is 10. The van der Waals surface area contributed by atoms with E-state index in [0.717, 1.165) is 0 Å². The molecule has 0 saturated heterocycles. The minimum atomic E-state index is -2.04. The van der Waals surface area contributed by atoms with Crippen LogP contribution < -0.4 is 10.4 Å². The molecular weight excluding hydrogens is 504 g/mol. The van der Waals surface area contributed by atoms with Gasteiger partial charge in [-0.1, -0.05) is 60.7 Å². The molecule has 0 saturated carbocycles. The summed E-state index contributed by atoms with van der Waals surface area (Å²) in [6.07, 6.45) is 25.3. The SMILES string of the molecule is Cc1ccc2c(c1[Si](C)(C)c1c(C)ccc3c1[C-]=C1C=CC=CC13)[C-]=C1C=CC=CC12.[CH3-].[CH3-].[Zr+4]. The van der Waals surface area contributed by atoms with Crippen molar-refractivity contribution in [1.29, 1.82) is 0 Å². The third-order valence-electron chi connectivity index (χ3n) is 7.40. The molecule has 0 fully saturated rings. The summed E-state index contributed by atoms with van der Waals surface area (Å²) >= 11 is 0. The number of benzene rings is 2. The van der Waals surface area contributed by atoms with Crippen molar-refractivity contribution >= 4 is 18.4 Å². The Balaban J connectivity index is 0.00000108. The molecule has 0 bridgehead atoms. The molecule has 6 rings (SSSR count). The van der Waals surface area contributed by atoms with Gasteiger partial charge in [0.15, 0.2) is 0 Å². The first-order valence-electron chi connectivity index (χ1n) is 11.2. The topological polar surface area (TPSA) is 0 Å². The minimum absolute atomic E-state index is 0. The third-order valence-corrected chi connectivity index (χ3v) is 11.2. The standard InChI is InChI=1S/C30H26Si.2CH3.Zr/c1-19-13-15-25-23-11-7-5-9-21(23)17-27(25)29(19)31(3,4)30-20(2)14-16-26-24-12-8-6-10-22(24)18-28(26)30;;;/h5-16,23-24H,1-4H3;2*1H3;/q-2;2*-1;+4. The van der Waals surface area contributed by atoms with Crippen LogP contribution in [0.25, 0.3) is 0 Å². The molecule has 2 heteroatoms. The summed E-state index contributed by atoms with van der Waals surface area (Å²) in [4.78, 5) is 0. The van der Waals surface area contributed by atoms with Crippen LogP contribution in [0.3, 0.4) is 0 Å². The van der Waals surface area contributed by atoms with E-state index in [1.165, 1.54) is 54.9 Å². The van der Waals surface area contributed by atoms with Crippen LogP contribution in [0.4, 0.5) is 0 Å². The van der Waals surface area contributed by atoms with E-state index in [2.05, 4.69) is 112 Å². The fraction of sp³-hybridized carbons (Fsp3) is 0.188. The van der Waals surface area contributed by atoms with Gasteiger partial charge in [-0.2, -0.15) is 0 Å². The van der Waals surface area contributed by atoms with Gasteiger partial charge in [0.25, 0.3) is 0 Å². The van der Waals surface area contributed by atoms with Gasteiger partial charge in [-0.25, -0.2) is 0 Å². The Labute approximate surface area is 226 Å². The van der Waals surface area contributed by atoms with Gasteiger partial charge in [0, 0.05) is 8.07 Å². The Hall–Kier alpha value is -2.02. The largest absolute Gasteiger partial charge is 4.00 e. The molecule has 4 aliphatic rings. The van der Waals surface area contributed by atoms with E-state index in [0.29, 0.717) is 11.8 Å². The normalized spacial score (nSPS) is 20.1. The first-order chi connectivity index (χ1) is 15.0. The molecule has 0 heterocycles. The second kappa shape index (κ2) is 9.56. The molecular formula is C32H32SiZr. The molecule has 0 spiro atoms. The maximum Gasteiger partial charge on any atom is 4.00 e. The number of aryl methyl sites for hydroxylation is 2. The van der Waals surface area contributed by atoms with Crippen molar-refractivity contribution in [2.24, 2.45) is 0 Å². The molecule has 2 unspecified atom stereocenters. The summed E-state index contributed by atoms with van der Waals surface area (Å²) < 4.78 is 0. The van der Waals surface area contributed by atoms with Gasteiger partial charge < -0.3 is 14.9 Å². The van der Waals surface area contributed by atoms with Crippen molar-refractivity contribution in [3.8, 4) is 0 Å². The Morgan fingerprint density at radius 2 is 1.06 bits per heavy atom. The second-order valence-corrected chi connectivity index (χ2v) is 13.9. The van der Waals surface area contributed by atoms with Crippen LogP contribution in [0.5, 0.6) is 0 Å². The molecule has 2 aromatic rings. The minimum Gasteiger partial charge on any atom is -0.358 e. The van der Waals surface area contributed by atoms with Crippen LogP contribution >= 0.6 is 0 Å². The Morgan fingerprint density at radius 1 is 0.647 bits per heavy atom. The quantitative estimate of drug-likeness (QED) is 0.299. The van der Waals surface area contributed by atoms with Crippen molar-refractivity contribution in [1.82, 2.24) is 0 Å². The van der Waals surface area contributed by atoms with Gasteiger partial charge in [-0.15, -0.1) is 92.4 Å². The average molecular weight is 536 g/mol. The number of rotatable bonds is 2. The third kappa shape index (κ3) is 3.75. The molecule has 0 aliphatic heterocycles. The van der Waals surface area contributed by atoms with E-state index >= 15 is 0 Å². The number of hydrogen-bond donors (Lipinski definition) is 0. The second-order valence-electron chi connectivity index (χ2n) is 9.67. The van der Waals surface area contributed by atoms with Crippen LogP contribution in [-0.2, 0) is 26.2 Å². The predicted octanol–water partition coefficient (Wildman–Crippen LogP) is 6.63. The summed E-state index contributed by atoms with van der Waals surface area (Å²) in [5, 5.41) is 3.08. The molecule has 2 atom stereocenters. The van der Waals surface area contributed by atoms with E-state index < -0.39 is 8.07 Å². The van der Waals surface area contributed by atoms with Crippen molar-refractivity contribution in [3.05, 3.63) is 144 Å². The molecule has 0 amide bonds. The summed E-state index contributed by atoms with van der Waals surface area (Å²) in [5.74, 6) is 0.720. The Morgan fingerprint density at radius 3 is 1.47 bits per heavy atom. The zero-order valence-corrected chi connectivity index (χ0v) is 24.5. The first-order valence-corrected chi connectivity index (χ1v) is 14.2. The molecule has 34 heavy (non-hydrogen) atoms. The van der Waals surface area contributed by atoms with Crippen LogP contribution in [0, 0.1) is 40.9 Å². The molecule has 4 aliphatic carbocycles. The van der Waals surface area contributed by atoms with Crippen LogP contribution in [0.1, 0.15) is 45.2 Å². The summed E-state index contributed by atoms with van der Waals surface area (Å²) in [7, 11) is -2.04. The fourth-order valence-electron chi connectivity index (χ4n) is 6.12. The molecule has 0 radical (unpaired) electrons. The zero-order valence-electron chi connectivity index (χ0n) is 21.1. The first kappa shape index (κ1) is 26.6. The maximum absolute atomic E-state index is 3.82. The summed E-state index contributed by atoms with van der Waals surface area (Å²) in [6.45, 7) is 9.63. The van der Waals surface area contributed by atoms with Crippen molar-refractivity contribution in [2.75, 3.05) is 0 Å². The van der Waals surface area contributed by atoms with Gasteiger partial charge in [0.2, 0.25) is 0 Å². The fourth-order valence-corrected chi connectivity index (χ4v) is 10.2. The van der Waals surface area contributed by atoms with Crippen molar-refractivity contribution < 1.29 is 26.2 Å². The number of hydrogen-bond acceptors (Lipinski definition) is 0. The molecule has 0 N–H and O–H groups in total. The monoisotopic (exact) mass is 534 g/mol. The summed E-state index contributed by atoms with van der Waals surface area (Å²) in [5.41, 5.74) is 11.0. The zero-order chi connectivity index (χ0) is 21.3. The van der Waals surface area contributed by atoms with Gasteiger partial charge in [0.1, 0.15) is 0 Å². The van der Waals surface area contributed by atoms with Gasteiger partial charge in [0.05, 0.1) is 0 Å². The van der Waals surface area contributed by atoms with E-state index in [-0.39, 0.29) is 41.1 Å². The Kier molecular flexibility index (Phi) is 7.47.